The Kier molecular flexibility index (Phi) is 5.03. The summed E-state index contributed by atoms with van der Waals surface area (Å²) in [4.78, 5) is 12.0. The maximum absolute atomic E-state index is 12.0. The van der Waals surface area contributed by atoms with Crippen LogP contribution in [0.1, 0.15) is 5.56 Å². The van der Waals surface area contributed by atoms with E-state index in [0.717, 1.165) is 5.56 Å². The quantitative estimate of drug-likeness (QED) is 0.696. The number of nitrogens with one attached hydrogen (secondary N) is 2. The third-order valence-electron chi connectivity index (χ3n) is 3.21. The fraction of sp³-hybridized carbons (Fsp3) is 0.0588. The van der Waals surface area contributed by atoms with Crippen molar-refractivity contribution in [1.82, 2.24) is 9.78 Å². The molecule has 5 nitrogen and oxygen atoms in total. The number of carbonyl (C=O) groups excluding carboxylic acids is 1. The van der Waals surface area contributed by atoms with Crippen LogP contribution in [0.2, 0.25) is 10.0 Å². The molecule has 0 unspecified atom stereocenters. The van der Waals surface area contributed by atoms with Crippen LogP contribution >= 0.6 is 23.2 Å². The van der Waals surface area contributed by atoms with E-state index in [1.54, 1.807) is 41.3 Å². The van der Waals surface area contributed by atoms with Crippen molar-refractivity contribution in [1.29, 1.82) is 0 Å². The van der Waals surface area contributed by atoms with Crippen molar-refractivity contribution in [3.05, 3.63) is 76.5 Å². The van der Waals surface area contributed by atoms with Crippen molar-refractivity contribution < 1.29 is 4.79 Å². The Morgan fingerprint density at radius 1 is 1.00 bits per heavy atom. The maximum atomic E-state index is 12.0. The molecule has 2 aromatic carbocycles. The van der Waals surface area contributed by atoms with Crippen LogP contribution < -0.4 is 10.6 Å². The zero-order valence-electron chi connectivity index (χ0n) is 12.5. The predicted octanol–water partition coefficient (Wildman–Crippen LogP) is 4.88. The average molecular weight is 361 g/mol. The van der Waals surface area contributed by atoms with Gasteiger partial charge in [0.25, 0.3) is 0 Å². The number of aromatic nitrogens is 2. The fourth-order valence-corrected chi connectivity index (χ4v) is 2.60. The second-order valence-corrected chi connectivity index (χ2v) is 6.02. The van der Waals surface area contributed by atoms with Crippen LogP contribution in [-0.4, -0.2) is 15.8 Å². The van der Waals surface area contributed by atoms with Gasteiger partial charge in [-0.2, -0.15) is 5.10 Å². The molecule has 3 aromatic rings. The normalized spacial score (nSPS) is 10.4. The van der Waals surface area contributed by atoms with Crippen LogP contribution in [0.25, 0.3) is 0 Å². The van der Waals surface area contributed by atoms with E-state index in [-0.39, 0.29) is 6.03 Å². The van der Waals surface area contributed by atoms with Crippen LogP contribution in [0.3, 0.4) is 0 Å². The van der Waals surface area contributed by atoms with Crippen molar-refractivity contribution in [2.45, 2.75) is 6.54 Å². The Balaban J connectivity index is 1.60. The zero-order valence-corrected chi connectivity index (χ0v) is 14.1. The minimum atomic E-state index is -0.362. The van der Waals surface area contributed by atoms with Gasteiger partial charge in [0, 0.05) is 21.9 Å². The van der Waals surface area contributed by atoms with Gasteiger partial charge in [0.1, 0.15) is 0 Å². The molecule has 1 heterocycles. The third-order valence-corrected chi connectivity index (χ3v) is 3.68. The molecule has 0 spiro atoms. The highest BCUT2D eigenvalue weighted by Gasteiger charge is 2.06. The number of carbonyl (C=O) groups is 1. The molecular weight excluding hydrogens is 347 g/mol. The summed E-state index contributed by atoms with van der Waals surface area (Å²) in [5.74, 6) is 0. The summed E-state index contributed by atoms with van der Waals surface area (Å²) in [5.41, 5.74) is 2.24. The van der Waals surface area contributed by atoms with Gasteiger partial charge >= 0.3 is 6.03 Å². The molecule has 0 radical (unpaired) electrons. The van der Waals surface area contributed by atoms with Gasteiger partial charge in [-0.25, -0.2) is 4.79 Å². The number of anilines is 2. The van der Waals surface area contributed by atoms with Gasteiger partial charge in [-0.1, -0.05) is 41.4 Å². The summed E-state index contributed by atoms with van der Waals surface area (Å²) in [5, 5.41) is 10.9. The minimum absolute atomic E-state index is 0.362. The van der Waals surface area contributed by atoms with E-state index < -0.39 is 0 Å². The van der Waals surface area contributed by atoms with E-state index in [9.17, 15) is 4.79 Å². The first kappa shape index (κ1) is 16.4. The van der Waals surface area contributed by atoms with Crippen LogP contribution in [0, 0.1) is 0 Å². The van der Waals surface area contributed by atoms with Crippen molar-refractivity contribution in [3.63, 3.8) is 0 Å². The lowest BCUT2D eigenvalue weighted by molar-refractivity contribution is 0.262. The van der Waals surface area contributed by atoms with Gasteiger partial charge in [0.15, 0.2) is 0 Å². The lowest BCUT2D eigenvalue weighted by atomic mass is 10.2. The molecule has 0 aliphatic carbocycles. The Morgan fingerprint density at radius 2 is 1.71 bits per heavy atom. The monoisotopic (exact) mass is 360 g/mol. The van der Waals surface area contributed by atoms with Gasteiger partial charge in [0.2, 0.25) is 0 Å². The number of benzene rings is 2. The SMILES string of the molecule is O=C(Nc1cccc(Cl)c1)Nc1cnn(Cc2cccc(Cl)c2)c1. The number of halogens is 2. The van der Waals surface area contributed by atoms with Gasteiger partial charge in [-0.15, -0.1) is 0 Å². The molecule has 2 amide bonds. The van der Waals surface area contributed by atoms with Crippen molar-refractivity contribution >= 4 is 40.6 Å². The van der Waals surface area contributed by atoms with Gasteiger partial charge in [-0.05, 0) is 35.9 Å². The van der Waals surface area contributed by atoms with E-state index in [1.807, 2.05) is 24.3 Å². The number of nitrogens with zero attached hydrogens (tertiary/aromatic N) is 2. The van der Waals surface area contributed by atoms with Crippen molar-refractivity contribution in [3.8, 4) is 0 Å². The van der Waals surface area contributed by atoms with Crippen LogP contribution in [0.5, 0.6) is 0 Å². The lowest BCUT2D eigenvalue weighted by Crippen LogP contribution is -2.19. The van der Waals surface area contributed by atoms with Gasteiger partial charge in [-0.3, -0.25) is 4.68 Å². The molecule has 24 heavy (non-hydrogen) atoms. The topological polar surface area (TPSA) is 59.0 Å². The van der Waals surface area contributed by atoms with E-state index >= 15 is 0 Å². The molecule has 0 atom stereocenters. The number of urea groups is 1. The molecule has 7 heteroatoms. The molecule has 1 aromatic heterocycles. The van der Waals surface area contributed by atoms with Crippen molar-refractivity contribution in [2.75, 3.05) is 10.6 Å². The Hall–Kier alpha value is -2.50. The van der Waals surface area contributed by atoms with Crippen LogP contribution in [0.4, 0.5) is 16.2 Å². The van der Waals surface area contributed by atoms with Gasteiger partial charge < -0.3 is 10.6 Å². The van der Waals surface area contributed by atoms with E-state index in [0.29, 0.717) is 28.0 Å². The van der Waals surface area contributed by atoms with Crippen LogP contribution in [-0.2, 0) is 6.54 Å². The first-order valence-corrected chi connectivity index (χ1v) is 7.94. The summed E-state index contributed by atoms with van der Waals surface area (Å²) >= 11 is 11.9. The lowest BCUT2D eigenvalue weighted by Gasteiger charge is -2.06. The summed E-state index contributed by atoms with van der Waals surface area (Å²) < 4.78 is 1.72. The third kappa shape index (κ3) is 4.50. The molecule has 0 aliphatic rings. The van der Waals surface area contributed by atoms with Gasteiger partial charge in [0.05, 0.1) is 18.4 Å². The highest BCUT2D eigenvalue weighted by Crippen LogP contribution is 2.16. The number of rotatable bonds is 4. The molecule has 2 N–H and O–H groups in total. The second kappa shape index (κ2) is 7.38. The molecule has 122 valence electrons. The first-order valence-electron chi connectivity index (χ1n) is 7.19. The molecule has 3 rings (SSSR count). The molecule has 0 bridgehead atoms. The second-order valence-electron chi connectivity index (χ2n) is 5.15. The molecule has 0 aliphatic heterocycles. The molecule has 0 saturated heterocycles. The van der Waals surface area contributed by atoms with E-state index in [2.05, 4.69) is 15.7 Å². The number of amides is 2. The smallest absolute Gasteiger partial charge is 0.308 e. The first-order chi connectivity index (χ1) is 11.6. The number of hydrogen-bond donors (Lipinski definition) is 2. The zero-order chi connectivity index (χ0) is 16.9. The Bertz CT molecular complexity index is 863. The minimum Gasteiger partial charge on any atom is -0.308 e. The Labute approximate surface area is 149 Å². The number of hydrogen-bond acceptors (Lipinski definition) is 2. The molecular formula is C17H14Cl2N4O. The van der Waals surface area contributed by atoms with E-state index in [4.69, 9.17) is 23.2 Å². The summed E-state index contributed by atoms with van der Waals surface area (Å²) in [7, 11) is 0. The molecule has 0 fully saturated rings. The maximum Gasteiger partial charge on any atom is 0.323 e. The molecule has 0 saturated carbocycles. The highest BCUT2D eigenvalue weighted by atomic mass is 35.5. The summed E-state index contributed by atoms with van der Waals surface area (Å²) in [6.45, 7) is 0.568. The summed E-state index contributed by atoms with van der Waals surface area (Å²) in [6.07, 6.45) is 3.33. The van der Waals surface area contributed by atoms with Crippen LogP contribution in [0.15, 0.2) is 60.9 Å². The largest absolute Gasteiger partial charge is 0.323 e. The predicted molar refractivity (Wildman–Crippen MR) is 96.9 cm³/mol. The average Bonchev–Trinajstić information content (AvgIpc) is 2.94. The standard InChI is InChI=1S/C17H14Cl2N4O/c18-13-4-1-3-12(7-13)10-23-11-16(9-20-23)22-17(24)21-15-6-2-5-14(19)8-15/h1-9,11H,10H2,(H2,21,22,24). The van der Waals surface area contributed by atoms with E-state index in [1.165, 1.54) is 0 Å². The Morgan fingerprint density at radius 3 is 2.46 bits per heavy atom. The highest BCUT2D eigenvalue weighted by molar-refractivity contribution is 6.31. The summed E-state index contributed by atoms with van der Waals surface area (Å²) in [6, 6.07) is 14.1. The van der Waals surface area contributed by atoms with Crippen molar-refractivity contribution in [2.24, 2.45) is 0 Å². The fourth-order valence-electron chi connectivity index (χ4n) is 2.20.